The fourth-order valence-corrected chi connectivity index (χ4v) is 3.27. The first-order valence-corrected chi connectivity index (χ1v) is 6.65. The third kappa shape index (κ3) is 2.08. The Kier molecular flexibility index (Phi) is 4.04. The summed E-state index contributed by atoms with van der Waals surface area (Å²) in [7, 11) is 4.17. The summed E-state index contributed by atoms with van der Waals surface area (Å²) >= 11 is 0. The lowest BCUT2D eigenvalue weighted by Gasteiger charge is -2.43. The highest BCUT2D eigenvalue weighted by Crippen LogP contribution is 2.57. The molecule has 0 spiro atoms. The first-order chi connectivity index (χ1) is 9.53. The molecule has 20 heavy (non-hydrogen) atoms. The van der Waals surface area contributed by atoms with E-state index in [-0.39, 0.29) is 5.97 Å². The van der Waals surface area contributed by atoms with Crippen molar-refractivity contribution in [1.82, 2.24) is 0 Å². The van der Waals surface area contributed by atoms with Crippen molar-refractivity contribution in [2.24, 2.45) is 5.41 Å². The van der Waals surface area contributed by atoms with Crippen LogP contribution >= 0.6 is 0 Å². The second-order valence-electron chi connectivity index (χ2n) is 5.15. The molecule has 0 aromatic carbocycles. The molecule has 112 valence electrons. The van der Waals surface area contributed by atoms with Gasteiger partial charge in [-0.15, -0.1) is 0 Å². The van der Waals surface area contributed by atoms with Crippen LogP contribution in [0.2, 0.25) is 0 Å². The van der Waals surface area contributed by atoms with Crippen LogP contribution < -0.4 is 0 Å². The fourth-order valence-electron chi connectivity index (χ4n) is 3.27. The lowest BCUT2D eigenvalue weighted by molar-refractivity contribution is -0.254. The van der Waals surface area contributed by atoms with E-state index in [4.69, 9.17) is 14.2 Å². The third-order valence-corrected chi connectivity index (χ3v) is 4.25. The number of rotatable bonds is 3. The largest absolute Gasteiger partial charge is 0.468 e. The zero-order valence-corrected chi connectivity index (χ0v) is 12.1. The Labute approximate surface area is 118 Å². The molecular weight excluding hydrogens is 264 g/mol. The van der Waals surface area contributed by atoms with Gasteiger partial charge in [0.05, 0.1) is 20.3 Å². The summed E-state index contributed by atoms with van der Waals surface area (Å²) in [5, 5.41) is 0. The molecule has 0 radical (unpaired) electrons. The van der Waals surface area contributed by atoms with Crippen molar-refractivity contribution in [2.75, 3.05) is 21.3 Å². The van der Waals surface area contributed by atoms with Crippen LogP contribution in [0.4, 0.5) is 0 Å². The number of fused-ring (bicyclic) bond motifs is 1. The van der Waals surface area contributed by atoms with Crippen LogP contribution in [0, 0.1) is 5.41 Å². The molecule has 0 unspecified atom stereocenters. The Morgan fingerprint density at radius 2 is 1.85 bits per heavy atom. The van der Waals surface area contributed by atoms with Crippen molar-refractivity contribution in [3.63, 3.8) is 0 Å². The predicted octanol–water partition coefficient (Wildman–Crippen LogP) is 1.54. The van der Waals surface area contributed by atoms with Gasteiger partial charge in [0.2, 0.25) is 5.79 Å². The third-order valence-electron chi connectivity index (χ3n) is 4.25. The van der Waals surface area contributed by atoms with E-state index in [1.165, 1.54) is 27.4 Å². The number of carbonyl (C=O) groups is 2. The molecular formula is C14H20O6. The Morgan fingerprint density at radius 3 is 2.45 bits per heavy atom. The molecule has 1 heterocycles. The molecule has 2 aliphatic rings. The highest BCUT2D eigenvalue weighted by atomic mass is 16.7. The fraction of sp³-hybridized carbons (Fsp3) is 0.714. The SMILES string of the molecule is COC(=O)/C=C1/C[C@]2(C(=O)OC)CCCC[C@]2(OC)O1. The normalized spacial score (nSPS) is 34.2. The summed E-state index contributed by atoms with van der Waals surface area (Å²) < 4.78 is 21.0. The van der Waals surface area contributed by atoms with Gasteiger partial charge in [-0.25, -0.2) is 4.79 Å². The van der Waals surface area contributed by atoms with Crippen molar-refractivity contribution in [3.8, 4) is 0 Å². The smallest absolute Gasteiger partial charge is 0.333 e. The molecule has 0 aromatic rings. The van der Waals surface area contributed by atoms with Gasteiger partial charge in [-0.1, -0.05) is 6.42 Å². The summed E-state index contributed by atoms with van der Waals surface area (Å²) in [6.45, 7) is 0. The minimum Gasteiger partial charge on any atom is -0.468 e. The molecule has 2 rings (SSSR count). The summed E-state index contributed by atoms with van der Waals surface area (Å²) in [4.78, 5) is 23.7. The molecule has 0 amide bonds. The van der Waals surface area contributed by atoms with Gasteiger partial charge in [0.1, 0.15) is 11.2 Å². The molecule has 2 atom stereocenters. The van der Waals surface area contributed by atoms with E-state index in [0.717, 1.165) is 12.8 Å². The number of allylic oxidation sites excluding steroid dienone is 1. The molecule has 6 heteroatoms. The number of hydrogen-bond donors (Lipinski definition) is 0. The average molecular weight is 284 g/mol. The minimum absolute atomic E-state index is 0.294. The molecule has 1 saturated carbocycles. The predicted molar refractivity (Wildman–Crippen MR) is 68.5 cm³/mol. The van der Waals surface area contributed by atoms with Crippen molar-refractivity contribution in [1.29, 1.82) is 0 Å². The quantitative estimate of drug-likeness (QED) is 0.578. The van der Waals surface area contributed by atoms with Crippen molar-refractivity contribution in [2.45, 2.75) is 37.9 Å². The van der Waals surface area contributed by atoms with Gasteiger partial charge in [0.25, 0.3) is 0 Å². The minimum atomic E-state index is -1.04. The van der Waals surface area contributed by atoms with Crippen LogP contribution in [0.3, 0.4) is 0 Å². The van der Waals surface area contributed by atoms with Gasteiger partial charge in [-0.05, 0) is 12.8 Å². The second kappa shape index (κ2) is 5.44. The van der Waals surface area contributed by atoms with Gasteiger partial charge >= 0.3 is 11.9 Å². The average Bonchev–Trinajstić information content (AvgIpc) is 2.81. The van der Waals surface area contributed by atoms with E-state index >= 15 is 0 Å². The number of esters is 2. The van der Waals surface area contributed by atoms with Crippen molar-refractivity contribution in [3.05, 3.63) is 11.8 Å². The summed E-state index contributed by atoms with van der Waals surface area (Å²) in [5.74, 6) is -1.50. The highest BCUT2D eigenvalue weighted by Gasteiger charge is 2.66. The van der Waals surface area contributed by atoms with E-state index in [2.05, 4.69) is 4.74 Å². The maximum Gasteiger partial charge on any atom is 0.333 e. The standard InChI is InChI=1S/C14H20O6/c1-17-11(15)8-10-9-13(12(16)18-2)6-4-5-7-14(13,19-3)20-10/h8H,4-7,9H2,1-3H3/b10-8-/t13-,14-/m0/s1. The van der Waals surface area contributed by atoms with E-state index in [9.17, 15) is 9.59 Å². The van der Waals surface area contributed by atoms with Gasteiger partial charge in [-0.2, -0.15) is 0 Å². The first kappa shape index (κ1) is 14.8. The zero-order chi connectivity index (χ0) is 14.8. The Balaban J connectivity index is 2.41. The van der Waals surface area contributed by atoms with Gasteiger partial charge in [-0.3, -0.25) is 4.79 Å². The van der Waals surface area contributed by atoms with Crippen molar-refractivity contribution >= 4 is 11.9 Å². The lowest BCUT2D eigenvalue weighted by atomic mass is 9.68. The molecule has 1 saturated heterocycles. The van der Waals surface area contributed by atoms with E-state index in [1.54, 1.807) is 0 Å². The maximum absolute atomic E-state index is 12.3. The number of carbonyl (C=O) groups excluding carboxylic acids is 2. The summed E-state index contributed by atoms with van der Waals surface area (Å²) in [6, 6.07) is 0. The first-order valence-electron chi connectivity index (χ1n) is 6.65. The van der Waals surface area contributed by atoms with Crippen LogP contribution in [0.1, 0.15) is 32.1 Å². The molecule has 6 nitrogen and oxygen atoms in total. The van der Waals surface area contributed by atoms with E-state index < -0.39 is 17.2 Å². The monoisotopic (exact) mass is 284 g/mol. The van der Waals surface area contributed by atoms with Gasteiger partial charge < -0.3 is 18.9 Å². The van der Waals surface area contributed by atoms with Crippen molar-refractivity contribution < 1.29 is 28.5 Å². The molecule has 2 fully saturated rings. The number of methoxy groups -OCH3 is 3. The molecule has 0 aromatic heterocycles. The second-order valence-corrected chi connectivity index (χ2v) is 5.15. The molecule has 1 aliphatic carbocycles. The molecule has 0 N–H and O–H groups in total. The molecule has 0 bridgehead atoms. The van der Waals surface area contributed by atoms with E-state index in [0.29, 0.717) is 25.0 Å². The Bertz CT molecular complexity index is 443. The van der Waals surface area contributed by atoms with E-state index in [1.807, 2.05) is 0 Å². The van der Waals surface area contributed by atoms with Crippen LogP contribution in [0.15, 0.2) is 11.8 Å². The topological polar surface area (TPSA) is 71.1 Å². The highest BCUT2D eigenvalue weighted by molar-refractivity contribution is 5.84. The maximum atomic E-state index is 12.3. The summed E-state index contributed by atoms with van der Waals surface area (Å²) in [6.07, 6.45) is 4.57. The number of hydrogen-bond acceptors (Lipinski definition) is 6. The van der Waals surface area contributed by atoms with Crippen LogP contribution in [-0.4, -0.2) is 39.1 Å². The number of ether oxygens (including phenoxy) is 4. The Morgan fingerprint density at radius 1 is 1.15 bits per heavy atom. The Hall–Kier alpha value is -1.56. The molecule has 1 aliphatic heterocycles. The van der Waals surface area contributed by atoms with Gasteiger partial charge in [0.15, 0.2) is 0 Å². The lowest BCUT2D eigenvalue weighted by Crippen LogP contribution is -2.54. The summed E-state index contributed by atoms with van der Waals surface area (Å²) in [5.41, 5.74) is -0.880. The van der Waals surface area contributed by atoms with Crippen LogP contribution in [-0.2, 0) is 28.5 Å². The van der Waals surface area contributed by atoms with Crippen LogP contribution in [0.25, 0.3) is 0 Å². The zero-order valence-electron chi connectivity index (χ0n) is 12.1. The van der Waals surface area contributed by atoms with Gasteiger partial charge in [0, 0.05) is 20.0 Å². The van der Waals surface area contributed by atoms with Crippen LogP contribution in [0.5, 0.6) is 0 Å².